The Bertz CT molecular complexity index is 848. The summed E-state index contributed by atoms with van der Waals surface area (Å²) >= 11 is 1.99. The average molecular weight is 418 g/mol. The molecule has 5 rings (SSSR count). The number of thiophene rings is 1. The van der Waals surface area contributed by atoms with Gasteiger partial charge in [0.05, 0.1) is 37.4 Å². The van der Waals surface area contributed by atoms with Crippen LogP contribution in [0.4, 0.5) is 0 Å². The first-order chi connectivity index (χ1) is 14.1. The number of piperidine rings is 1. The van der Waals surface area contributed by atoms with Gasteiger partial charge in [0.2, 0.25) is 0 Å². The van der Waals surface area contributed by atoms with Gasteiger partial charge in [-0.15, -0.1) is 16.4 Å². The highest BCUT2D eigenvalue weighted by molar-refractivity contribution is 7.12. The molecule has 1 unspecified atom stereocenters. The molecular formula is C21H31N5O2S. The molecule has 8 heteroatoms. The van der Waals surface area contributed by atoms with E-state index >= 15 is 0 Å². The minimum Gasteiger partial charge on any atom is -0.370 e. The first kappa shape index (κ1) is 19.6. The summed E-state index contributed by atoms with van der Waals surface area (Å²) in [6.45, 7) is 8.79. The van der Waals surface area contributed by atoms with Gasteiger partial charge in [-0.1, -0.05) is 12.1 Å². The monoisotopic (exact) mass is 417 g/mol. The van der Waals surface area contributed by atoms with Crippen LogP contribution in [-0.4, -0.2) is 51.9 Å². The molecule has 2 aromatic heterocycles. The van der Waals surface area contributed by atoms with Crippen LogP contribution in [-0.2, 0) is 41.1 Å². The van der Waals surface area contributed by atoms with Gasteiger partial charge in [0, 0.05) is 41.7 Å². The molecule has 29 heavy (non-hydrogen) atoms. The first-order valence-corrected chi connectivity index (χ1v) is 11.7. The maximum absolute atomic E-state index is 6.46. The Morgan fingerprint density at radius 2 is 2.28 bits per heavy atom. The number of nitrogens with zero attached hydrogens (tertiary/aromatic N) is 4. The summed E-state index contributed by atoms with van der Waals surface area (Å²) in [7, 11) is 0. The van der Waals surface area contributed by atoms with E-state index in [1.165, 1.54) is 10.4 Å². The fourth-order valence-corrected chi connectivity index (χ4v) is 5.98. The highest BCUT2D eigenvalue weighted by atomic mass is 32.1. The summed E-state index contributed by atoms with van der Waals surface area (Å²) in [5.74, 6) is 0. The van der Waals surface area contributed by atoms with Crippen molar-refractivity contribution >= 4 is 11.3 Å². The Morgan fingerprint density at radius 1 is 1.38 bits per heavy atom. The Labute approximate surface area is 176 Å². The normalized spacial score (nSPS) is 29.7. The zero-order valence-corrected chi connectivity index (χ0v) is 18.2. The van der Waals surface area contributed by atoms with E-state index < -0.39 is 0 Å². The van der Waals surface area contributed by atoms with Crippen LogP contribution in [0.2, 0.25) is 0 Å². The van der Waals surface area contributed by atoms with Crippen molar-refractivity contribution in [3.8, 4) is 0 Å². The van der Waals surface area contributed by atoms with Crippen molar-refractivity contribution in [1.82, 2.24) is 25.2 Å². The van der Waals surface area contributed by atoms with Gasteiger partial charge in [-0.3, -0.25) is 10.2 Å². The number of hydrogen-bond donors (Lipinski definition) is 1. The Kier molecular flexibility index (Phi) is 5.47. The van der Waals surface area contributed by atoms with Gasteiger partial charge in [-0.05, 0) is 37.8 Å². The number of aromatic nitrogens is 3. The molecule has 158 valence electrons. The van der Waals surface area contributed by atoms with Crippen LogP contribution >= 0.6 is 11.3 Å². The van der Waals surface area contributed by atoms with E-state index in [0.717, 1.165) is 64.1 Å². The molecule has 0 aliphatic carbocycles. The van der Waals surface area contributed by atoms with Crippen molar-refractivity contribution in [2.24, 2.45) is 0 Å². The van der Waals surface area contributed by atoms with Crippen LogP contribution in [0, 0.1) is 0 Å². The SMILES string of the molecule is CCc1cc2c(s1)CCO[C@@]21CCN(Cc2cn(CNC3CCO3)nn2)[C@@H](C)C1. The third-order valence-corrected chi connectivity index (χ3v) is 7.93. The standard InChI is InChI=1S/C21H31N5O2S/c1-3-17-10-18-19(29-17)4-9-28-21(18)6-7-25(15(2)11-21)12-16-13-26(24-23-16)14-22-20-5-8-27-20/h10,13,15,20,22H,3-9,11-12,14H2,1-2H3/t15-,20?,21+/m0/s1. The number of nitrogens with one attached hydrogen (secondary N) is 1. The smallest absolute Gasteiger partial charge is 0.111 e. The Balaban J connectivity index is 1.22. The summed E-state index contributed by atoms with van der Waals surface area (Å²) in [5.41, 5.74) is 2.42. The topological polar surface area (TPSA) is 64.4 Å². The highest BCUT2D eigenvalue weighted by Gasteiger charge is 2.44. The van der Waals surface area contributed by atoms with E-state index in [1.807, 2.05) is 22.2 Å². The van der Waals surface area contributed by atoms with Crippen LogP contribution in [0.1, 0.15) is 54.1 Å². The van der Waals surface area contributed by atoms with Gasteiger partial charge in [0.15, 0.2) is 0 Å². The summed E-state index contributed by atoms with van der Waals surface area (Å²) < 4.78 is 13.7. The third-order valence-electron chi connectivity index (χ3n) is 6.59. The minimum atomic E-state index is -0.0856. The molecule has 3 aliphatic heterocycles. The zero-order chi connectivity index (χ0) is 19.8. The number of likely N-dealkylation sites (tertiary alicyclic amines) is 1. The number of fused-ring (bicyclic) bond motifs is 2. The fraction of sp³-hybridized carbons (Fsp3) is 0.714. The van der Waals surface area contributed by atoms with E-state index in [4.69, 9.17) is 9.47 Å². The maximum atomic E-state index is 6.46. The van der Waals surface area contributed by atoms with Crippen LogP contribution in [0.15, 0.2) is 12.3 Å². The maximum Gasteiger partial charge on any atom is 0.111 e. The predicted octanol–water partition coefficient (Wildman–Crippen LogP) is 2.65. The molecule has 2 fully saturated rings. The molecule has 1 spiro atoms. The Hall–Kier alpha value is -1.32. The van der Waals surface area contributed by atoms with E-state index in [0.29, 0.717) is 12.7 Å². The van der Waals surface area contributed by atoms with Gasteiger partial charge in [-0.2, -0.15) is 0 Å². The second kappa shape index (κ2) is 8.07. The summed E-state index contributed by atoms with van der Waals surface area (Å²) in [6.07, 6.45) is 7.59. The molecule has 0 amide bonds. The molecule has 0 aromatic carbocycles. The lowest BCUT2D eigenvalue weighted by atomic mass is 9.79. The molecule has 0 saturated carbocycles. The quantitative estimate of drug-likeness (QED) is 0.780. The molecule has 0 radical (unpaired) electrons. The van der Waals surface area contributed by atoms with Gasteiger partial charge < -0.3 is 9.47 Å². The third kappa shape index (κ3) is 3.88. The van der Waals surface area contributed by atoms with E-state index in [9.17, 15) is 0 Å². The second-order valence-corrected chi connectivity index (χ2v) is 9.75. The minimum absolute atomic E-state index is 0.0856. The highest BCUT2D eigenvalue weighted by Crippen LogP contribution is 2.46. The van der Waals surface area contributed by atoms with Crippen molar-refractivity contribution < 1.29 is 9.47 Å². The van der Waals surface area contributed by atoms with Gasteiger partial charge in [0.1, 0.15) is 6.23 Å². The Morgan fingerprint density at radius 3 is 3.03 bits per heavy atom. The molecule has 2 aromatic rings. The van der Waals surface area contributed by atoms with Crippen LogP contribution in [0.5, 0.6) is 0 Å². The molecule has 1 N–H and O–H groups in total. The van der Waals surface area contributed by atoms with Crippen molar-refractivity contribution in [1.29, 1.82) is 0 Å². The summed E-state index contributed by atoms with van der Waals surface area (Å²) in [4.78, 5) is 5.57. The van der Waals surface area contributed by atoms with E-state index in [-0.39, 0.29) is 11.8 Å². The molecular weight excluding hydrogens is 386 g/mol. The molecule has 3 atom stereocenters. The average Bonchev–Trinajstić information content (AvgIpc) is 3.30. The molecule has 3 aliphatic rings. The molecule has 2 saturated heterocycles. The summed E-state index contributed by atoms with van der Waals surface area (Å²) in [5, 5.41) is 12.0. The predicted molar refractivity (Wildman–Crippen MR) is 112 cm³/mol. The van der Waals surface area contributed by atoms with E-state index in [2.05, 4.69) is 40.4 Å². The fourth-order valence-electron chi connectivity index (χ4n) is 4.80. The van der Waals surface area contributed by atoms with Crippen molar-refractivity contribution in [2.75, 3.05) is 19.8 Å². The van der Waals surface area contributed by atoms with Crippen LogP contribution in [0.25, 0.3) is 0 Å². The van der Waals surface area contributed by atoms with Crippen molar-refractivity contribution in [3.63, 3.8) is 0 Å². The lowest BCUT2D eigenvalue weighted by Gasteiger charge is -2.47. The van der Waals surface area contributed by atoms with Crippen molar-refractivity contribution in [2.45, 2.75) is 77.0 Å². The second-order valence-electron chi connectivity index (χ2n) is 8.53. The van der Waals surface area contributed by atoms with Gasteiger partial charge in [-0.25, -0.2) is 4.68 Å². The lowest BCUT2D eigenvalue weighted by Crippen LogP contribution is -2.50. The number of rotatable bonds is 6. The summed E-state index contributed by atoms with van der Waals surface area (Å²) in [6, 6.07) is 2.87. The van der Waals surface area contributed by atoms with E-state index in [1.54, 1.807) is 4.88 Å². The van der Waals surface area contributed by atoms with Crippen molar-refractivity contribution in [3.05, 3.63) is 33.3 Å². The van der Waals surface area contributed by atoms with Crippen LogP contribution in [0.3, 0.4) is 0 Å². The van der Waals surface area contributed by atoms with Gasteiger partial charge in [0.25, 0.3) is 0 Å². The molecule has 7 nitrogen and oxygen atoms in total. The van der Waals surface area contributed by atoms with Crippen LogP contribution < -0.4 is 5.32 Å². The zero-order valence-electron chi connectivity index (χ0n) is 17.4. The first-order valence-electron chi connectivity index (χ1n) is 10.9. The number of hydrogen-bond acceptors (Lipinski definition) is 7. The molecule has 5 heterocycles. The molecule has 0 bridgehead atoms. The largest absolute Gasteiger partial charge is 0.370 e. The lowest BCUT2D eigenvalue weighted by molar-refractivity contribution is -0.112. The number of aryl methyl sites for hydroxylation is 1. The number of ether oxygens (including phenoxy) is 2. The van der Waals surface area contributed by atoms with Gasteiger partial charge >= 0.3 is 0 Å².